The van der Waals surface area contributed by atoms with Gasteiger partial charge < -0.3 is 10.1 Å². The number of nitrogens with zero attached hydrogens (tertiary/aromatic N) is 1. The van der Waals surface area contributed by atoms with E-state index < -0.39 is 10.0 Å². The fourth-order valence-electron chi connectivity index (χ4n) is 2.73. The fraction of sp³-hybridized carbons (Fsp3) is 0.278. The van der Waals surface area contributed by atoms with E-state index in [0.717, 1.165) is 0 Å². The average Bonchev–Trinajstić information content (AvgIpc) is 2.63. The summed E-state index contributed by atoms with van der Waals surface area (Å²) in [5, 5.41) is 2.76. The molecule has 1 N–H and O–H groups in total. The highest BCUT2D eigenvalue weighted by Gasteiger charge is 2.31. The number of morpholine rings is 1. The van der Waals surface area contributed by atoms with Gasteiger partial charge in [0.15, 0.2) is 0 Å². The lowest BCUT2D eigenvalue weighted by molar-refractivity contribution is 0.0393. The van der Waals surface area contributed by atoms with Crippen molar-refractivity contribution in [1.29, 1.82) is 0 Å². The zero-order chi connectivity index (χ0) is 17.9. The van der Waals surface area contributed by atoms with Crippen LogP contribution in [0.3, 0.4) is 0 Å². The Labute approximate surface area is 147 Å². The third-order valence-electron chi connectivity index (χ3n) is 4.04. The molecule has 1 unspecified atom stereocenters. The van der Waals surface area contributed by atoms with E-state index in [2.05, 4.69) is 5.32 Å². The third-order valence-corrected chi connectivity index (χ3v) is 6.05. The topological polar surface area (TPSA) is 75.7 Å². The van der Waals surface area contributed by atoms with Gasteiger partial charge in [0.2, 0.25) is 10.0 Å². The molecule has 1 heterocycles. The minimum Gasteiger partial charge on any atom is -0.378 e. The Morgan fingerprint density at radius 3 is 2.64 bits per heavy atom. The smallest absolute Gasteiger partial charge is 0.255 e. The second-order valence-corrected chi connectivity index (χ2v) is 7.78. The summed E-state index contributed by atoms with van der Waals surface area (Å²) in [5.41, 5.74) is 0.952. The quantitative estimate of drug-likeness (QED) is 0.908. The highest BCUT2D eigenvalue weighted by Crippen LogP contribution is 2.22. The van der Waals surface area contributed by atoms with Crippen LogP contribution in [0.1, 0.15) is 17.3 Å². The molecule has 6 nitrogen and oxygen atoms in total. The molecule has 0 spiro atoms. The van der Waals surface area contributed by atoms with Gasteiger partial charge in [0.1, 0.15) is 0 Å². The molecule has 0 bridgehead atoms. The van der Waals surface area contributed by atoms with Gasteiger partial charge in [-0.2, -0.15) is 4.31 Å². The maximum atomic E-state index is 12.9. The lowest BCUT2D eigenvalue weighted by atomic mass is 10.2. The number of amides is 1. The number of anilines is 1. The maximum absolute atomic E-state index is 12.9. The van der Waals surface area contributed by atoms with Gasteiger partial charge in [-0.15, -0.1) is 0 Å². The number of nitrogens with one attached hydrogen (secondary N) is 1. The summed E-state index contributed by atoms with van der Waals surface area (Å²) in [5.74, 6) is -0.349. The first-order valence-electron chi connectivity index (χ1n) is 8.04. The second-order valence-electron chi connectivity index (χ2n) is 5.89. The minimum atomic E-state index is -3.67. The molecule has 2 aromatic carbocycles. The van der Waals surface area contributed by atoms with E-state index in [1.54, 1.807) is 24.3 Å². The Balaban J connectivity index is 1.84. The van der Waals surface area contributed by atoms with E-state index in [4.69, 9.17) is 4.74 Å². The van der Waals surface area contributed by atoms with Crippen LogP contribution in [0, 0.1) is 0 Å². The van der Waals surface area contributed by atoms with Crippen LogP contribution in [-0.4, -0.2) is 44.4 Å². The highest BCUT2D eigenvalue weighted by atomic mass is 32.2. The first-order chi connectivity index (χ1) is 12.0. The zero-order valence-corrected chi connectivity index (χ0v) is 14.7. The number of carbonyl (C=O) groups excluding carboxylic acids is 1. The van der Waals surface area contributed by atoms with E-state index in [-0.39, 0.29) is 16.8 Å². The third kappa shape index (κ3) is 3.89. The van der Waals surface area contributed by atoms with Crippen LogP contribution in [-0.2, 0) is 14.8 Å². The van der Waals surface area contributed by atoms with Crippen molar-refractivity contribution in [2.75, 3.05) is 25.1 Å². The molecule has 1 amide bonds. The molecule has 7 heteroatoms. The summed E-state index contributed by atoms with van der Waals surface area (Å²) in [4.78, 5) is 12.5. The van der Waals surface area contributed by atoms with Gasteiger partial charge in [0.25, 0.3) is 5.91 Å². The predicted octanol–water partition coefficient (Wildman–Crippen LogP) is 2.35. The number of hydrogen-bond acceptors (Lipinski definition) is 4. The molecule has 25 heavy (non-hydrogen) atoms. The first kappa shape index (κ1) is 17.6. The predicted molar refractivity (Wildman–Crippen MR) is 95.0 cm³/mol. The van der Waals surface area contributed by atoms with E-state index in [9.17, 15) is 13.2 Å². The summed E-state index contributed by atoms with van der Waals surface area (Å²) >= 11 is 0. The fourth-order valence-corrected chi connectivity index (χ4v) is 4.37. The van der Waals surface area contributed by atoms with Crippen LogP contribution in [0.15, 0.2) is 59.5 Å². The number of benzene rings is 2. The Kier molecular flexibility index (Phi) is 5.17. The molecule has 1 aliphatic rings. The van der Waals surface area contributed by atoms with Crippen molar-refractivity contribution in [1.82, 2.24) is 4.31 Å². The zero-order valence-electron chi connectivity index (χ0n) is 13.9. The molecule has 0 aliphatic carbocycles. The van der Waals surface area contributed by atoms with Crippen molar-refractivity contribution in [2.45, 2.75) is 17.9 Å². The Hall–Kier alpha value is -2.22. The van der Waals surface area contributed by atoms with Crippen LogP contribution in [0.25, 0.3) is 0 Å². The monoisotopic (exact) mass is 360 g/mol. The number of hydrogen-bond donors (Lipinski definition) is 1. The van der Waals surface area contributed by atoms with Gasteiger partial charge in [0, 0.05) is 23.8 Å². The van der Waals surface area contributed by atoms with E-state index in [1.165, 1.54) is 16.4 Å². The van der Waals surface area contributed by atoms with Crippen molar-refractivity contribution >= 4 is 21.6 Å². The van der Waals surface area contributed by atoms with Crippen molar-refractivity contribution in [3.8, 4) is 0 Å². The van der Waals surface area contributed by atoms with Crippen molar-refractivity contribution < 1.29 is 17.9 Å². The Bertz CT molecular complexity index is 852. The number of rotatable bonds is 4. The average molecular weight is 360 g/mol. The van der Waals surface area contributed by atoms with Crippen LogP contribution in [0.5, 0.6) is 0 Å². The van der Waals surface area contributed by atoms with Gasteiger partial charge in [-0.05, 0) is 37.3 Å². The standard InChI is InChI=1S/C18H20N2O4S/c1-14-13-24-11-10-20(14)25(22,23)17-9-5-6-15(12-17)18(21)19-16-7-3-2-4-8-16/h2-9,12,14H,10-11,13H2,1H3,(H,19,21). The van der Waals surface area contributed by atoms with Gasteiger partial charge in [-0.1, -0.05) is 24.3 Å². The van der Waals surface area contributed by atoms with Crippen LogP contribution in [0.4, 0.5) is 5.69 Å². The number of ether oxygens (including phenoxy) is 1. The van der Waals surface area contributed by atoms with Crippen LogP contribution >= 0.6 is 0 Å². The Morgan fingerprint density at radius 2 is 1.92 bits per heavy atom. The minimum absolute atomic E-state index is 0.113. The number of para-hydroxylation sites is 1. The molecule has 1 aliphatic heterocycles. The second kappa shape index (κ2) is 7.35. The Morgan fingerprint density at radius 1 is 1.16 bits per heavy atom. The van der Waals surface area contributed by atoms with Gasteiger partial charge >= 0.3 is 0 Å². The summed E-state index contributed by atoms with van der Waals surface area (Å²) in [6.07, 6.45) is 0. The molecule has 0 aromatic heterocycles. The van der Waals surface area contributed by atoms with Crippen molar-refractivity contribution in [2.24, 2.45) is 0 Å². The number of carbonyl (C=O) groups is 1. The van der Waals surface area contributed by atoms with E-state index in [0.29, 0.717) is 31.0 Å². The lowest BCUT2D eigenvalue weighted by Crippen LogP contribution is -2.46. The molecule has 2 aromatic rings. The molecule has 1 fully saturated rings. The normalized spacial score (nSPS) is 18.7. The molecule has 1 saturated heterocycles. The summed E-state index contributed by atoms with van der Waals surface area (Å²) in [6.45, 7) is 2.86. The largest absolute Gasteiger partial charge is 0.378 e. The lowest BCUT2D eigenvalue weighted by Gasteiger charge is -2.32. The van der Waals surface area contributed by atoms with E-state index >= 15 is 0 Å². The molecular weight excluding hydrogens is 340 g/mol. The number of sulfonamides is 1. The molecule has 1 atom stereocenters. The van der Waals surface area contributed by atoms with Crippen molar-refractivity contribution in [3.63, 3.8) is 0 Å². The maximum Gasteiger partial charge on any atom is 0.255 e. The molecule has 0 radical (unpaired) electrons. The van der Waals surface area contributed by atoms with Gasteiger partial charge in [-0.25, -0.2) is 8.42 Å². The highest BCUT2D eigenvalue weighted by molar-refractivity contribution is 7.89. The molecule has 132 valence electrons. The van der Waals surface area contributed by atoms with E-state index in [1.807, 2.05) is 25.1 Å². The summed E-state index contributed by atoms with van der Waals surface area (Å²) < 4.78 is 32.5. The SMILES string of the molecule is CC1COCCN1S(=O)(=O)c1cccc(C(=O)Nc2ccccc2)c1. The van der Waals surface area contributed by atoms with Crippen molar-refractivity contribution in [3.05, 3.63) is 60.2 Å². The van der Waals surface area contributed by atoms with Crippen LogP contribution < -0.4 is 5.32 Å². The molecule has 3 rings (SSSR count). The van der Waals surface area contributed by atoms with Crippen LogP contribution in [0.2, 0.25) is 0 Å². The molecule has 0 saturated carbocycles. The summed E-state index contributed by atoms with van der Waals surface area (Å²) in [7, 11) is -3.67. The molecular formula is C18H20N2O4S. The summed E-state index contributed by atoms with van der Waals surface area (Å²) in [6, 6.07) is 14.9. The van der Waals surface area contributed by atoms with Gasteiger partial charge in [0.05, 0.1) is 18.1 Å². The first-order valence-corrected chi connectivity index (χ1v) is 9.48. The van der Waals surface area contributed by atoms with Gasteiger partial charge in [-0.3, -0.25) is 4.79 Å².